The Hall–Kier alpha value is -1.26. The van der Waals surface area contributed by atoms with Gasteiger partial charge in [0.2, 0.25) is 0 Å². The van der Waals surface area contributed by atoms with E-state index in [0.29, 0.717) is 19.3 Å². The summed E-state index contributed by atoms with van der Waals surface area (Å²) in [6.45, 7) is 2.27. The molecule has 0 spiro atoms. The van der Waals surface area contributed by atoms with Gasteiger partial charge in [0.05, 0.1) is 25.9 Å². The SMILES string of the molecule is Nc1ccc(N2CCCC2COCCO)cc1. The van der Waals surface area contributed by atoms with E-state index in [4.69, 9.17) is 15.6 Å². The molecule has 0 aromatic heterocycles. The molecule has 1 heterocycles. The monoisotopic (exact) mass is 236 g/mol. The largest absolute Gasteiger partial charge is 0.399 e. The smallest absolute Gasteiger partial charge is 0.0698 e. The zero-order chi connectivity index (χ0) is 12.1. The molecule has 1 aliphatic heterocycles. The van der Waals surface area contributed by atoms with Gasteiger partial charge in [-0.25, -0.2) is 0 Å². The molecule has 3 N–H and O–H groups in total. The van der Waals surface area contributed by atoms with Gasteiger partial charge in [0.15, 0.2) is 0 Å². The Morgan fingerprint density at radius 3 is 2.82 bits per heavy atom. The van der Waals surface area contributed by atoms with E-state index in [-0.39, 0.29) is 6.61 Å². The molecule has 17 heavy (non-hydrogen) atoms. The van der Waals surface area contributed by atoms with Gasteiger partial charge in [-0.1, -0.05) is 0 Å². The number of nitrogen functional groups attached to an aromatic ring is 1. The van der Waals surface area contributed by atoms with Crippen LogP contribution in [0.3, 0.4) is 0 Å². The lowest BCUT2D eigenvalue weighted by molar-refractivity contribution is 0.0837. The maximum Gasteiger partial charge on any atom is 0.0698 e. The summed E-state index contributed by atoms with van der Waals surface area (Å²) in [6.07, 6.45) is 2.34. The van der Waals surface area contributed by atoms with E-state index in [2.05, 4.69) is 17.0 Å². The summed E-state index contributed by atoms with van der Waals surface area (Å²) < 4.78 is 5.43. The zero-order valence-corrected chi connectivity index (χ0v) is 10.0. The van der Waals surface area contributed by atoms with E-state index >= 15 is 0 Å². The number of aliphatic hydroxyl groups is 1. The molecular weight excluding hydrogens is 216 g/mol. The molecule has 1 aromatic carbocycles. The molecule has 1 atom stereocenters. The normalized spacial score (nSPS) is 19.8. The number of aliphatic hydroxyl groups excluding tert-OH is 1. The molecule has 4 nitrogen and oxygen atoms in total. The Morgan fingerprint density at radius 2 is 2.12 bits per heavy atom. The third-order valence-corrected chi connectivity index (χ3v) is 3.15. The number of nitrogens with two attached hydrogens (primary N) is 1. The average Bonchev–Trinajstić information content (AvgIpc) is 2.79. The number of rotatable bonds is 5. The maximum atomic E-state index is 8.70. The summed E-state index contributed by atoms with van der Waals surface area (Å²) in [7, 11) is 0. The first-order chi connectivity index (χ1) is 8.31. The number of benzene rings is 1. The van der Waals surface area contributed by atoms with E-state index in [0.717, 1.165) is 18.7 Å². The third-order valence-electron chi connectivity index (χ3n) is 3.15. The highest BCUT2D eigenvalue weighted by Crippen LogP contribution is 2.26. The molecule has 0 amide bonds. The zero-order valence-electron chi connectivity index (χ0n) is 10.0. The van der Waals surface area contributed by atoms with E-state index in [1.807, 2.05) is 12.1 Å². The Kier molecular flexibility index (Phi) is 4.23. The van der Waals surface area contributed by atoms with Crippen LogP contribution in [0, 0.1) is 0 Å². The molecule has 1 aromatic rings. The minimum absolute atomic E-state index is 0.0919. The molecule has 4 heteroatoms. The summed E-state index contributed by atoms with van der Waals surface area (Å²) in [4.78, 5) is 2.36. The average molecular weight is 236 g/mol. The van der Waals surface area contributed by atoms with E-state index in [9.17, 15) is 0 Å². The van der Waals surface area contributed by atoms with Gasteiger partial charge in [0, 0.05) is 17.9 Å². The van der Waals surface area contributed by atoms with Crippen molar-refractivity contribution in [1.29, 1.82) is 0 Å². The lowest BCUT2D eigenvalue weighted by atomic mass is 10.2. The molecule has 1 saturated heterocycles. The third kappa shape index (κ3) is 3.11. The topological polar surface area (TPSA) is 58.7 Å². The van der Waals surface area contributed by atoms with Crippen LogP contribution in [0.25, 0.3) is 0 Å². The molecule has 1 fully saturated rings. The van der Waals surface area contributed by atoms with E-state index in [1.165, 1.54) is 12.1 Å². The lowest BCUT2D eigenvalue weighted by Crippen LogP contribution is -2.33. The second-order valence-electron chi connectivity index (χ2n) is 4.38. The standard InChI is InChI=1S/C13H20N2O2/c14-11-3-5-12(6-4-11)15-7-1-2-13(15)10-17-9-8-16/h3-6,13,16H,1-2,7-10,14H2. The fourth-order valence-corrected chi connectivity index (χ4v) is 2.30. The Balaban J connectivity index is 1.96. The van der Waals surface area contributed by atoms with Crippen molar-refractivity contribution >= 4 is 11.4 Å². The van der Waals surface area contributed by atoms with Crippen LogP contribution in [0.5, 0.6) is 0 Å². The summed E-state index contributed by atoms with van der Waals surface area (Å²) >= 11 is 0. The van der Waals surface area contributed by atoms with E-state index < -0.39 is 0 Å². The van der Waals surface area contributed by atoms with Crippen molar-refractivity contribution in [2.45, 2.75) is 18.9 Å². The Morgan fingerprint density at radius 1 is 1.35 bits per heavy atom. The fourth-order valence-electron chi connectivity index (χ4n) is 2.30. The summed E-state index contributed by atoms with van der Waals surface area (Å²) in [6, 6.07) is 8.39. The molecule has 2 rings (SSSR count). The minimum Gasteiger partial charge on any atom is -0.399 e. The summed E-state index contributed by atoms with van der Waals surface area (Å²) in [5, 5.41) is 8.70. The van der Waals surface area contributed by atoms with Crippen molar-refractivity contribution in [3.05, 3.63) is 24.3 Å². The van der Waals surface area contributed by atoms with Crippen LogP contribution < -0.4 is 10.6 Å². The van der Waals surface area contributed by atoms with Crippen LogP contribution in [0.1, 0.15) is 12.8 Å². The quantitative estimate of drug-likeness (QED) is 0.596. The van der Waals surface area contributed by atoms with Gasteiger partial charge in [-0.3, -0.25) is 0 Å². The predicted octanol–water partition coefficient (Wildman–Crippen LogP) is 1.25. The summed E-state index contributed by atoms with van der Waals surface area (Å²) in [5.41, 5.74) is 7.68. The molecular formula is C13H20N2O2. The number of hydrogen-bond acceptors (Lipinski definition) is 4. The second kappa shape index (κ2) is 5.89. The van der Waals surface area contributed by atoms with Gasteiger partial charge in [0.25, 0.3) is 0 Å². The van der Waals surface area contributed by atoms with Gasteiger partial charge >= 0.3 is 0 Å². The maximum absolute atomic E-state index is 8.70. The molecule has 0 aliphatic carbocycles. The molecule has 1 unspecified atom stereocenters. The van der Waals surface area contributed by atoms with Gasteiger partial charge in [-0.15, -0.1) is 0 Å². The summed E-state index contributed by atoms with van der Waals surface area (Å²) in [5.74, 6) is 0. The van der Waals surface area contributed by atoms with Gasteiger partial charge < -0.3 is 20.5 Å². The first-order valence-electron chi connectivity index (χ1n) is 6.12. The van der Waals surface area contributed by atoms with E-state index in [1.54, 1.807) is 0 Å². The molecule has 0 bridgehead atoms. The predicted molar refractivity (Wildman–Crippen MR) is 69.1 cm³/mol. The molecule has 0 radical (unpaired) electrons. The van der Waals surface area contributed by atoms with Crippen LogP contribution in [-0.2, 0) is 4.74 Å². The lowest BCUT2D eigenvalue weighted by Gasteiger charge is -2.26. The first-order valence-corrected chi connectivity index (χ1v) is 6.12. The molecule has 94 valence electrons. The first kappa shape index (κ1) is 12.2. The van der Waals surface area contributed by atoms with Crippen LogP contribution in [0.15, 0.2) is 24.3 Å². The molecule has 0 saturated carbocycles. The Labute approximate surface area is 102 Å². The van der Waals surface area contributed by atoms with Crippen LogP contribution in [0.4, 0.5) is 11.4 Å². The number of anilines is 2. The van der Waals surface area contributed by atoms with Gasteiger partial charge in [-0.05, 0) is 37.1 Å². The van der Waals surface area contributed by atoms with Crippen molar-refractivity contribution in [1.82, 2.24) is 0 Å². The van der Waals surface area contributed by atoms with Gasteiger partial charge in [-0.2, -0.15) is 0 Å². The molecule has 1 aliphatic rings. The number of ether oxygens (including phenoxy) is 1. The highest BCUT2D eigenvalue weighted by Gasteiger charge is 2.24. The fraction of sp³-hybridized carbons (Fsp3) is 0.538. The minimum atomic E-state index is 0.0919. The van der Waals surface area contributed by atoms with Crippen molar-refractivity contribution in [2.24, 2.45) is 0 Å². The highest BCUT2D eigenvalue weighted by atomic mass is 16.5. The van der Waals surface area contributed by atoms with Crippen molar-refractivity contribution in [2.75, 3.05) is 37.0 Å². The number of hydrogen-bond donors (Lipinski definition) is 2. The van der Waals surface area contributed by atoms with Crippen molar-refractivity contribution in [3.8, 4) is 0 Å². The Bertz CT molecular complexity index is 340. The highest BCUT2D eigenvalue weighted by molar-refractivity contribution is 5.54. The second-order valence-corrected chi connectivity index (χ2v) is 4.38. The van der Waals surface area contributed by atoms with Crippen molar-refractivity contribution < 1.29 is 9.84 Å². The van der Waals surface area contributed by atoms with Crippen LogP contribution >= 0.6 is 0 Å². The van der Waals surface area contributed by atoms with Gasteiger partial charge in [0.1, 0.15) is 0 Å². The number of nitrogens with zero attached hydrogens (tertiary/aromatic N) is 1. The van der Waals surface area contributed by atoms with Crippen LogP contribution in [0.2, 0.25) is 0 Å². The van der Waals surface area contributed by atoms with Crippen LogP contribution in [-0.4, -0.2) is 37.5 Å². The van der Waals surface area contributed by atoms with Crippen molar-refractivity contribution in [3.63, 3.8) is 0 Å².